The van der Waals surface area contributed by atoms with Crippen LogP contribution in [0.2, 0.25) is 0 Å². The summed E-state index contributed by atoms with van der Waals surface area (Å²) in [5.41, 5.74) is 0. The third-order valence-electron chi connectivity index (χ3n) is 21.8. The highest BCUT2D eigenvalue weighted by Gasteiger charge is 2.31. The van der Waals surface area contributed by atoms with Gasteiger partial charge in [0.1, 0.15) is 19.3 Å². The summed E-state index contributed by atoms with van der Waals surface area (Å²) in [4.78, 5) is 73.3. The van der Waals surface area contributed by atoms with Crippen molar-refractivity contribution in [3.8, 4) is 0 Å². The van der Waals surface area contributed by atoms with E-state index < -0.39 is 97.5 Å². The van der Waals surface area contributed by atoms with Crippen LogP contribution in [0, 0.1) is 11.8 Å². The molecular formula is C91H178O17P2. The molecule has 6 atom stereocenters. The van der Waals surface area contributed by atoms with Crippen molar-refractivity contribution in [2.24, 2.45) is 11.8 Å². The summed E-state index contributed by atoms with van der Waals surface area (Å²) in [6, 6.07) is 0. The van der Waals surface area contributed by atoms with E-state index in [2.05, 4.69) is 41.5 Å². The van der Waals surface area contributed by atoms with Crippen LogP contribution in [0.5, 0.6) is 0 Å². The molecule has 0 spiro atoms. The Labute approximate surface area is 677 Å². The first-order valence-corrected chi connectivity index (χ1v) is 50.0. The summed E-state index contributed by atoms with van der Waals surface area (Å²) in [6.45, 7) is 9.79. The molecule has 0 heterocycles. The molecule has 0 saturated heterocycles. The Kier molecular flexibility index (Phi) is 80.7. The molecule has 0 rings (SSSR count). The minimum atomic E-state index is -4.97. The van der Waals surface area contributed by atoms with Crippen molar-refractivity contribution < 1.29 is 80.2 Å². The van der Waals surface area contributed by atoms with E-state index in [1.807, 2.05) is 0 Å². The molecule has 0 radical (unpaired) electrons. The zero-order valence-corrected chi connectivity index (χ0v) is 74.4. The summed E-state index contributed by atoms with van der Waals surface area (Å²) in [5, 5.41) is 10.7. The lowest BCUT2D eigenvalue weighted by molar-refractivity contribution is -0.161. The van der Waals surface area contributed by atoms with Gasteiger partial charge in [-0.15, -0.1) is 0 Å². The molecule has 0 fully saturated rings. The normalized spacial score (nSPS) is 14.0. The number of aliphatic hydroxyl groups is 1. The summed E-state index contributed by atoms with van der Waals surface area (Å²) >= 11 is 0. The highest BCUT2D eigenvalue weighted by Crippen LogP contribution is 2.45. The number of hydrogen-bond acceptors (Lipinski definition) is 15. The van der Waals surface area contributed by atoms with Crippen LogP contribution in [-0.4, -0.2) is 96.7 Å². The molecule has 0 aromatic rings. The Bertz CT molecular complexity index is 2100. The SMILES string of the molecule is CCCCCCCCCCCCCCCCCCCCC(=O)O[C@H](COC(=O)CCCCCCCCCCC)COP(=O)(O)OC[C@H](O)COP(=O)(O)OC[C@@H](COC(=O)CCCCCCCCCCCCCCCCCCCCC(C)C)OC(=O)CCCCCCCCCCCCCCCCCCCCC(C)CC. The van der Waals surface area contributed by atoms with Gasteiger partial charge in [0, 0.05) is 25.7 Å². The standard InChI is InChI=1S/C91H178O17P2/c1-7-10-12-14-16-18-19-20-21-22-29-35-40-45-51-57-63-69-75-90(95)107-86(79-101-88(93)73-67-61-55-47-17-15-13-11-8-2)81-105-109(97,98)103-77-85(92)78-104-110(99,100)106-82-87(80-102-89(94)74-68-62-56-50-44-39-34-30-25-23-27-32-37-42-48-53-59-65-71-83(4)5)108-91(96)76-70-64-58-52-46-41-36-31-26-24-28-33-38-43-49-54-60-66-72-84(6)9-3/h83-87,92H,7-82H2,1-6H3,(H,97,98)(H,99,100)/t84?,85-,86+,87+/m0/s1. The first kappa shape index (κ1) is 108. The molecule has 3 N–H and O–H groups in total. The van der Waals surface area contributed by atoms with Crippen molar-refractivity contribution in [1.29, 1.82) is 0 Å². The molecule has 0 aromatic heterocycles. The maximum Gasteiger partial charge on any atom is 0.472 e. The Morgan fingerprint density at radius 2 is 0.464 bits per heavy atom. The van der Waals surface area contributed by atoms with Gasteiger partial charge >= 0.3 is 39.5 Å². The maximum absolute atomic E-state index is 13.2. The highest BCUT2D eigenvalue weighted by atomic mass is 31.2. The van der Waals surface area contributed by atoms with Gasteiger partial charge in [0.05, 0.1) is 26.4 Å². The Morgan fingerprint density at radius 1 is 0.264 bits per heavy atom. The number of carbonyl (C=O) groups is 4. The number of phosphoric ester groups is 2. The van der Waals surface area contributed by atoms with Crippen molar-refractivity contribution in [1.82, 2.24) is 0 Å². The summed E-state index contributed by atoms with van der Waals surface area (Å²) in [6.07, 6.45) is 76.5. The lowest BCUT2D eigenvalue weighted by Gasteiger charge is -2.21. The molecule has 0 bridgehead atoms. The quantitative estimate of drug-likeness (QED) is 0.0222. The average Bonchev–Trinajstić information content (AvgIpc) is 0.898. The van der Waals surface area contributed by atoms with Gasteiger partial charge in [-0.25, -0.2) is 9.13 Å². The van der Waals surface area contributed by atoms with Crippen LogP contribution in [0.15, 0.2) is 0 Å². The molecular weight excluding hydrogens is 1430 g/mol. The van der Waals surface area contributed by atoms with E-state index in [4.69, 9.17) is 37.0 Å². The maximum atomic E-state index is 13.2. The van der Waals surface area contributed by atoms with E-state index in [1.165, 1.54) is 308 Å². The van der Waals surface area contributed by atoms with E-state index in [-0.39, 0.29) is 25.7 Å². The van der Waals surface area contributed by atoms with Crippen molar-refractivity contribution in [3.05, 3.63) is 0 Å². The number of carbonyl (C=O) groups excluding carboxylic acids is 4. The van der Waals surface area contributed by atoms with Gasteiger partial charge in [0.15, 0.2) is 12.2 Å². The smallest absolute Gasteiger partial charge is 0.462 e. The third kappa shape index (κ3) is 82.6. The predicted molar refractivity (Wildman–Crippen MR) is 455 cm³/mol. The second-order valence-electron chi connectivity index (χ2n) is 33.4. The third-order valence-corrected chi connectivity index (χ3v) is 23.7. The molecule has 0 aliphatic carbocycles. The van der Waals surface area contributed by atoms with Gasteiger partial charge < -0.3 is 33.8 Å². The van der Waals surface area contributed by atoms with E-state index in [0.717, 1.165) is 102 Å². The van der Waals surface area contributed by atoms with Gasteiger partial charge in [-0.1, -0.05) is 440 Å². The van der Waals surface area contributed by atoms with E-state index in [9.17, 15) is 43.2 Å². The molecule has 0 aliphatic heterocycles. The largest absolute Gasteiger partial charge is 0.472 e. The fourth-order valence-electron chi connectivity index (χ4n) is 14.3. The van der Waals surface area contributed by atoms with Crippen molar-refractivity contribution >= 4 is 39.5 Å². The van der Waals surface area contributed by atoms with Crippen LogP contribution in [0.4, 0.5) is 0 Å². The highest BCUT2D eigenvalue weighted by molar-refractivity contribution is 7.47. The van der Waals surface area contributed by atoms with E-state index in [1.54, 1.807) is 0 Å². The van der Waals surface area contributed by atoms with E-state index in [0.29, 0.717) is 25.7 Å². The Morgan fingerprint density at radius 3 is 0.691 bits per heavy atom. The molecule has 0 aliphatic rings. The second-order valence-corrected chi connectivity index (χ2v) is 36.3. The molecule has 0 amide bonds. The number of ether oxygens (including phenoxy) is 4. The summed E-state index contributed by atoms with van der Waals surface area (Å²) in [7, 11) is -9.93. The van der Waals surface area contributed by atoms with Crippen LogP contribution in [0.1, 0.15) is 491 Å². The lowest BCUT2D eigenvalue weighted by atomic mass is 9.99. The van der Waals surface area contributed by atoms with Crippen LogP contribution >= 0.6 is 15.6 Å². The van der Waals surface area contributed by atoms with Crippen LogP contribution in [0.3, 0.4) is 0 Å². The fraction of sp³-hybridized carbons (Fsp3) is 0.956. The number of hydrogen-bond donors (Lipinski definition) is 3. The zero-order valence-electron chi connectivity index (χ0n) is 72.6. The zero-order chi connectivity index (χ0) is 80.6. The minimum Gasteiger partial charge on any atom is -0.462 e. The molecule has 3 unspecified atom stereocenters. The number of unbranched alkanes of at least 4 members (excludes halogenated alkanes) is 59. The first-order chi connectivity index (χ1) is 53.4. The number of phosphoric acid groups is 2. The van der Waals surface area contributed by atoms with Crippen molar-refractivity contribution in [2.75, 3.05) is 39.6 Å². The van der Waals surface area contributed by atoms with Crippen molar-refractivity contribution in [2.45, 2.75) is 509 Å². The number of esters is 4. The average molecular weight is 1610 g/mol. The Balaban J connectivity index is 5.19. The van der Waals surface area contributed by atoms with Crippen LogP contribution < -0.4 is 0 Å². The second kappa shape index (κ2) is 82.2. The van der Waals surface area contributed by atoms with E-state index >= 15 is 0 Å². The lowest BCUT2D eigenvalue weighted by Crippen LogP contribution is -2.30. The van der Waals surface area contributed by atoms with Gasteiger partial charge in [-0.2, -0.15) is 0 Å². The van der Waals surface area contributed by atoms with Gasteiger partial charge in [0.2, 0.25) is 0 Å². The Hall–Kier alpha value is -1.94. The topological polar surface area (TPSA) is 237 Å². The van der Waals surface area contributed by atoms with Gasteiger partial charge in [-0.05, 0) is 37.5 Å². The number of aliphatic hydroxyl groups excluding tert-OH is 1. The molecule has 19 heteroatoms. The molecule has 0 aromatic carbocycles. The van der Waals surface area contributed by atoms with Gasteiger partial charge in [0.25, 0.3) is 0 Å². The molecule has 654 valence electrons. The fourth-order valence-corrected chi connectivity index (χ4v) is 15.9. The molecule has 0 saturated carbocycles. The monoisotopic (exact) mass is 1610 g/mol. The van der Waals surface area contributed by atoms with Crippen LogP contribution in [-0.2, 0) is 65.4 Å². The summed E-state index contributed by atoms with van der Waals surface area (Å²) in [5.74, 6) is -0.403. The van der Waals surface area contributed by atoms with Crippen molar-refractivity contribution in [3.63, 3.8) is 0 Å². The first-order valence-electron chi connectivity index (χ1n) is 47.0. The van der Waals surface area contributed by atoms with Gasteiger partial charge in [-0.3, -0.25) is 37.3 Å². The van der Waals surface area contributed by atoms with Crippen LogP contribution in [0.25, 0.3) is 0 Å². The summed E-state index contributed by atoms with van der Waals surface area (Å²) < 4.78 is 69.0. The molecule has 17 nitrogen and oxygen atoms in total. The molecule has 110 heavy (non-hydrogen) atoms. The minimum absolute atomic E-state index is 0.109. The number of rotatable bonds is 90. The predicted octanol–water partition coefficient (Wildman–Crippen LogP) is 28.2.